The summed E-state index contributed by atoms with van der Waals surface area (Å²) in [4.78, 5) is 14.6. The number of anilines is 2. The molecule has 1 aromatic heterocycles. The first-order chi connectivity index (χ1) is 9.88. The Bertz CT molecular complexity index is 502. The number of hydrogen-bond donors (Lipinski definition) is 3. The van der Waals surface area contributed by atoms with Crippen LogP contribution in [-0.2, 0) is 0 Å². The second-order valence-electron chi connectivity index (χ2n) is 6.10. The average Bonchev–Trinajstić information content (AvgIpc) is 2.74. The molecule has 7 heteroatoms. The van der Waals surface area contributed by atoms with Crippen molar-refractivity contribution in [3.63, 3.8) is 0 Å². The second kappa shape index (κ2) is 6.62. The Balaban J connectivity index is 2.09. The fraction of sp³-hybridized carbons (Fsp3) is 0.714. The first-order valence-corrected chi connectivity index (χ1v) is 8.18. The topological polar surface area (TPSA) is 83.3 Å². The largest absolute Gasteiger partial charge is 0.382 e. The summed E-state index contributed by atoms with van der Waals surface area (Å²) in [6, 6.07) is 0.976. The molecule has 0 saturated carbocycles. The second-order valence-corrected chi connectivity index (χ2v) is 6.87. The van der Waals surface area contributed by atoms with Crippen molar-refractivity contribution < 1.29 is 4.79 Å². The summed E-state index contributed by atoms with van der Waals surface area (Å²) in [7, 11) is 2.15. The van der Waals surface area contributed by atoms with E-state index in [-0.39, 0.29) is 11.9 Å². The van der Waals surface area contributed by atoms with Crippen molar-refractivity contribution in [2.24, 2.45) is 0 Å². The number of amides is 1. The Hall–Kier alpha value is -1.34. The summed E-state index contributed by atoms with van der Waals surface area (Å²) in [6.45, 7) is 7.14. The highest BCUT2D eigenvalue weighted by Gasteiger charge is 2.26. The Morgan fingerprint density at radius 3 is 2.86 bits per heavy atom. The SMILES string of the molecule is CC(C)NC(=O)c1c(N)nsc1NC1CCN(C)C(C)C1. The maximum absolute atomic E-state index is 12.2. The zero-order valence-electron chi connectivity index (χ0n) is 13.1. The smallest absolute Gasteiger partial charge is 0.258 e. The molecule has 1 saturated heterocycles. The van der Waals surface area contributed by atoms with Crippen LogP contribution in [0.15, 0.2) is 0 Å². The predicted octanol–water partition coefficient (Wildman–Crippen LogP) is 1.76. The molecule has 2 heterocycles. The molecule has 6 nitrogen and oxygen atoms in total. The van der Waals surface area contributed by atoms with Gasteiger partial charge in [-0.15, -0.1) is 0 Å². The lowest BCUT2D eigenvalue weighted by atomic mass is 9.99. The fourth-order valence-electron chi connectivity index (χ4n) is 2.56. The Morgan fingerprint density at radius 1 is 1.52 bits per heavy atom. The van der Waals surface area contributed by atoms with Gasteiger partial charge in [0.25, 0.3) is 5.91 Å². The van der Waals surface area contributed by atoms with E-state index < -0.39 is 0 Å². The van der Waals surface area contributed by atoms with Crippen molar-refractivity contribution in [3.05, 3.63) is 5.56 Å². The van der Waals surface area contributed by atoms with Gasteiger partial charge in [-0.2, -0.15) is 4.37 Å². The van der Waals surface area contributed by atoms with Gasteiger partial charge < -0.3 is 21.3 Å². The van der Waals surface area contributed by atoms with Crippen LogP contribution in [0.2, 0.25) is 0 Å². The van der Waals surface area contributed by atoms with Crippen LogP contribution < -0.4 is 16.4 Å². The molecule has 0 bridgehead atoms. The first-order valence-electron chi connectivity index (χ1n) is 7.41. The van der Waals surface area contributed by atoms with E-state index in [2.05, 4.69) is 33.9 Å². The third kappa shape index (κ3) is 3.85. The van der Waals surface area contributed by atoms with Gasteiger partial charge in [0.2, 0.25) is 0 Å². The van der Waals surface area contributed by atoms with Crippen molar-refractivity contribution in [2.45, 2.75) is 51.7 Å². The van der Waals surface area contributed by atoms with E-state index in [0.29, 0.717) is 23.5 Å². The molecular formula is C14H25N5OS. The molecule has 1 aliphatic heterocycles. The highest BCUT2D eigenvalue weighted by atomic mass is 32.1. The average molecular weight is 311 g/mol. The van der Waals surface area contributed by atoms with Gasteiger partial charge in [-0.25, -0.2) is 0 Å². The van der Waals surface area contributed by atoms with Crippen molar-refractivity contribution >= 4 is 28.3 Å². The molecule has 0 aromatic carbocycles. The normalized spacial score (nSPS) is 23.3. The van der Waals surface area contributed by atoms with Gasteiger partial charge in [-0.3, -0.25) is 4.79 Å². The molecule has 2 rings (SSSR count). The maximum Gasteiger partial charge on any atom is 0.258 e. The van der Waals surface area contributed by atoms with Crippen LogP contribution >= 0.6 is 11.5 Å². The minimum atomic E-state index is -0.153. The number of piperidine rings is 1. The highest BCUT2D eigenvalue weighted by molar-refractivity contribution is 7.11. The monoisotopic (exact) mass is 311 g/mol. The summed E-state index contributed by atoms with van der Waals surface area (Å²) in [5, 5.41) is 7.13. The quantitative estimate of drug-likeness (QED) is 0.789. The maximum atomic E-state index is 12.2. The number of likely N-dealkylation sites (tertiary alicyclic amines) is 1. The summed E-state index contributed by atoms with van der Waals surface area (Å²) in [5.74, 6) is 0.154. The van der Waals surface area contributed by atoms with Gasteiger partial charge in [-0.1, -0.05) is 0 Å². The lowest BCUT2D eigenvalue weighted by Gasteiger charge is -2.35. The number of carbonyl (C=O) groups excluding carboxylic acids is 1. The zero-order chi connectivity index (χ0) is 15.6. The number of nitrogens with zero attached hydrogens (tertiary/aromatic N) is 2. The zero-order valence-corrected chi connectivity index (χ0v) is 14.0. The minimum Gasteiger partial charge on any atom is -0.382 e. The number of hydrogen-bond acceptors (Lipinski definition) is 6. The molecule has 0 spiro atoms. The van der Waals surface area contributed by atoms with E-state index in [0.717, 1.165) is 24.4 Å². The number of nitrogens with two attached hydrogens (primary N) is 1. The molecule has 2 unspecified atom stereocenters. The van der Waals surface area contributed by atoms with E-state index in [1.54, 1.807) is 0 Å². The summed E-state index contributed by atoms with van der Waals surface area (Å²) >= 11 is 1.27. The molecule has 118 valence electrons. The Labute approximate surface area is 130 Å². The first kappa shape index (κ1) is 16.0. The van der Waals surface area contributed by atoms with E-state index in [4.69, 9.17) is 5.73 Å². The third-order valence-corrected chi connectivity index (χ3v) is 4.70. The van der Waals surface area contributed by atoms with Crippen molar-refractivity contribution in [1.82, 2.24) is 14.6 Å². The summed E-state index contributed by atoms with van der Waals surface area (Å²) in [5.41, 5.74) is 6.35. The molecule has 1 aromatic rings. The molecule has 21 heavy (non-hydrogen) atoms. The lowest BCUT2D eigenvalue weighted by Crippen LogP contribution is -2.42. The fourth-order valence-corrected chi connectivity index (χ4v) is 3.35. The third-order valence-electron chi connectivity index (χ3n) is 3.91. The van der Waals surface area contributed by atoms with E-state index in [9.17, 15) is 4.79 Å². The summed E-state index contributed by atoms with van der Waals surface area (Å²) in [6.07, 6.45) is 2.11. The van der Waals surface area contributed by atoms with Crippen molar-refractivity contribution in [1.29, 1.82) is 0 Å². The molecule has 4 N–H and O–H groups in total. The van der Waals surface area contributed by atoms with Gasteiger partial charge >= 0.3 is 0 Å². The van der Waals surface area contributed by atoms with Crippen LogP contribution in [-0.4, -0.2) is 46.9 Å². The van der Waals surface area contributed by atoms with Crippen LogP contribution in [0.3, 0.4) is 0 Å². The molecule has 1 aliphatic rings. The van der Waals surface area contributed by atoms with E-state index in [1.807, 2.05) is 13.8 Å². The van der Waals surface area contributed by atoms with E-state index >= 15 is 0 Å². The highest BCUT2D eigenvalue weighted by Crippen LogP contribution is 2.29. The lowest BCUT2D eigenvalue weighted by molar-refractivity contribution is 0.0945. The van der Waals surface area contributed by atoms with Gasteiger partial charge in [0, 0.05) is 24.7 Å². The van der Waals surface area contributed by atoms with Crippen molar-refractivity contribution in [2.75, 3.05) is 24.6 Å². The molecule has 1 fully saturated rings. The Kier molecular flexibility index (Phi) is 5.05. The number of carbonyl (C=O) groups is 1. The van der Waals surface area contributed by atoms with Gasteiger partial charge in [-0.05, 0) is 52.2 Å². The van der Waals surface area contributed by atoms with Crippen LogP contribution in [0.25, 0.3) is 0 Å². The van der Waals surface area contributed by atoms with Crippen LogP contribution in [0, 0.1) is 0 Å². The molecular weight excluding hydrogens is 286 g/mol. The number of nitrogens with one attached hydrogen (secondary N) is 2. The van der Waals surface area contributed by atoms with Crippen LogP contribution in [0.1, 0.15) is 44.0 Å². The van der Waals surface area contributed by atoms with Crippen LogP contribution in [0.5, 0.6) is 0 Å². The molecule has 2 atom stereocenters. The molecule has 0 radical (unpaired) electrons. The summed E-state index contributed by atoms with van der Waals surface area (Å²) < 4.78 is 4.13. The van der Waals surface area contributed by atoms with Crippen molar-refractivity contribution in [3.8, 4) is 0 Å². The van der Waals surface area contributed by atoms with Gasteiger partial charge in [0.1, 0.15) is 10.6 Å². The molecule has 1 amide bonds. The Morgan fingerprint density at radius 2 is 2.24 bits per heavy atom. The predicted molar refractivity (Wildman–Crippen MR) is 87.9 cm³/mol. The van der Waals surface area contributed by atoms with Gasteiger partial charge in [0.05, 0.1) is 0 Å². The molecule has 0 aliphatic carbocycles. The standard InChI is InChI=1S/C14H25N5OS/c1-8(2)16-13(20)11-12(15)18-21-14(11)17-10-5-6-19(4)9(3)7-10/h8-10,17H,5-7H2,1-4H3,(H2,15,18)(H,16,20). The number of aromatic nitrogens is 1. The van der Waals surface area contributed by atoms with E-state index in [1.165, 1.54) is 11.5 Å². The number of rotatable bonds is 4. The van der Waals surface area contributed by atoms with Crippen LogP contribution in [0.4, 0.5) is 10.8 Å². The van der Waals surface area contributed by atoms with Gasteiger partial charge in [0.15, 0.2) is 5.82 Å². The number of nitrogen functional groups attached to an aromatic ring is 1. The minimum absolute atomic E-state index is 0.0769.